The van der Waals surface area contributed by atoms with Crippen molar-refractivity contribution < 1.29 is 18.3 Å². The number of aromatic nitrogens is 2. The van der Waals surface area contributed by atoms with E-state index < -0.39 is 16.0 Å². The van der Waals surface area contributed by atoms with Crippen LogP contribution in [0.15, 0.2) is 17.3 Å². The normalized spacial score (nSPS) is 17.2. The van der Waals surface area contributed by atoms with Gasteiger partial charge in [-0.3, -0.25) is 9.48 Å². The highest BCUT2D eigenvalue weighted by Crippen LogP contribution is 2.11. The Balaban J connectivity index is 1.99. The lowest BCUT2D eigenvalue weighted by molar-refractivity contribution is -0.137. The minimum atomic E-state index is -3.59. The number of rotatable bonds is 6. The summed E-state index contributed by atoms with van der Waals surface area (Å²) in [4.78, 5) is 10.5. The molecule has 0 aromatic carbocycles. The Kier molecular flexibility index (Phi) is 4.73. The summed E-state index contributed by atoms with van der Waals surface area (Å²) in [5, 5.41) is 15.6. The molecule has 2 heterocycles. The highest BCUT2D eigenvalue weighted by molar-refractivity contribution is 7.89. The van der Waals surface area contributed by atoms with Crippen molar-refractivity contribution >= 4 is 16.0 Å². The van der Waals surface area contributed by atoms with Gasteiger partial charge >= 0.3 is 5.97 Å². The van der Waals surface area contributed by atoms with Crippen LogP contribution in [0.3, 0.4) is 0 Å². The van der Waals surface area contributed by atoms with Gasteiger partial charge in [-0.05, 0) is 25.9 Å². The number of piperidine rings is 1. The van der Waals surface area contributed by atoms with E-state index in [-0.39, 0.29) is 23.9 Å². The molecule has 0 amide bonds. The number of carboxylic acids is 1. The summed E-state index contributed by atoms with van der Waals surface area (Å²) < 4.78 is 28.3. The number of aryl methyl sites for hydroxylation is 1. The summed E-state index contributed by atoms with van der Waals surface area (Å²) in [6.45, 7) is 1.74. The van der Waals surface area contributed by atoms with Crippen molar-refractivity contribution in [1.29, 1.82) is 0 Å². The van der Waals surface area contributed by atoms with Crippen molar-refractivity contribution in [3.05, 3.63) is 12.4 Å². The molecule has 1 aliphatic heterocycles. The molecule has 0 aliphatic carbocycles. The second-order valence-corrected chi connectivity index (χ2v) is 6.44. The van der Waals surface area contributed by atoms with E-state index >= 15 is 0 Å². The third-order valence-corrected chi connectivity index (χ3v) is 4.61. The number of nitrogens with zero attached hydrogens (tertiary/aromatic N) is 2. The Morgan fingerprint density at radius 1 is 1.50 bits per heavy atom. The van der Waals surface area contributed by atoms with E-state index in [1.165, 1.54) is 17.1 Å². The molecule has 2 rings (SSSR count). The molecule has 0 atom stereocenters. The summed E-state index contributed by atoms with van der Waals surface area (Å²) in [6, 6.07) is -0.0661. The van der Waals surface area contributed by atoms with Gasteiger partial charge in [0, 0.05) is 12.2 Å². The molecule has 20 heavy (non-hydrogen) atoms. The molecule has 0 bridgehead atoms. The van der Waals surface area contributed by atoms with Gasteiger partial charge < -0.3 is 10.4 Å². The predicted molar refractivity (Wildman–Crippen MR) is 70.7 cm³/mol. The fourth-order valence-electron chi connectivity index (χ4n) is 2.04. The highest BCUT2D eigenvalue weighted by atomic mass is 32.2. The van der Waals surface area contributed by atoms with E-state index in [0.29, 0.717) is 0 Å². The van der Waals surface area contributed by atoms with Gasteiger partial charge in [0.05, 0.1) is 19.2 Å². The summed E-state index contributed by atoms with van der Waals surface area (Å²) in [6.07, 6.45) is 4.01. The Morgan fingerprint density at radius 3 is 2.85 bits per heavy atom. The third kappa shape index (κ3) is 4.02. The first-order valence-corrected chi connectivity index (χ1v) is 7.93. The van der Waals surface area contributed by atoms with E-state index in [1.54, 1.807) is 0 Å². The average Bonchev–Trinajstić information content (AvgIpc) is 2.86. The molecule has 9 heteroatoms. The molecular weight excluding hydrogens is 284 g/mol. The first kappa shape index (κ1) is 14.9. The van der Waals surface area contributed by atoms with Crippen LogP contribution >= 0.6 is 0 Å². The molecule has 3 N–H and O–H groups in total. The molecule has 0 radical (unpaired) electrons. The smallest absolute Gasteiger partial charge is 0.305 e. The van der Waals surface area contributed by atoms with Crippen molar-refractivity contribution in [3.8, 4) is 0 Å². The molecule has 112 valence electrons. The van der Waals surface area contributed by atoms with Crippen LogP contribution in [0.5, 0.6) is 0 Å². The van der Waals surface area contributed by atoms with Crippen LogP contribution in [-0.4, -0.2) is 48.4 Å². The number of nitrogens with one attached hydrogen (secondary N) is 2. The molecule has 0 unspecified atom stereocenters. The van der Waals surface area contributed by atoms with E-state index in [0.717, 1.165) is 25.9 Å². The zero-order valence-corrected chi connectivity index (χ0v) is 11.8. The maximum atomic E-state index is 12.2. The lowest BCUT2D eigenvalue weighted by Crippen LogP contribution is -2.42. The maximum Gasteiger partial charge on any atom is 0.305 e. The Labute approximate surface area is 117 Å². The predicted octanol–water partition coefficient (Wildman–Crippen LogP) is -0.612. The summed E-state index contributed by atoms with van der Waals surface area (Å²) in [5.74, 6) is -0.947. The first-order chi connectivity index (χ1) is 9.47. The van der Waals surface area contributed by atoms with Crippen LogP contribution in [-0.2, 0) is 21.4 Å². The number of aliphatic carboxylic acids is 1. The Morgan fingerprint density at radius 2 is 2.20 bits per heavy atom. The van der Waals surface area contributed by atoms with Crippen molar-refractivity contribution in [2.24, 2.45) is 0 Å². The number of hydrogen-bond acceptors (Lipinski definition) is 5. The summed E-state index contributed by atoms with van der Waals surface area (Å²) >= 11 is 0. The molecular formula is C11H18N4O4S. The zero-order chi connectivity index (χ0) is 14.6. The average molecular weight is 302 g/mol. The fraction of sp³-hybridized carbons (Fsp3) is 0.636. The number of sulfonamides is 1. The van der Waals surface area contributed by atoms with Gasteiger partial charge in [-0.2, -0.15) is 5.10 Å². The lowest BCUT2D eigenvalue weighted by atomic mass is 10.1. The lowest BCUT2D eigenvalue weighted by Gasteiger charge is -2.23. The zero-order valence-electron chi connectivity index (χ0n) is 10.9. The maximum absolute atomic E-state index is 12.2. The molecule has 1 fully saturated rings. The monoisotopic (exact) mass is 302 g/mol. The minimum absolute atomic E-state index is 0.0661. The molecule has 1 aromatic rings. The second-order valence-electron chi connectivity index (χ2n) is 4.73. The fourth-order valence-corrected chi connectivity index (χ4v) is 3.30. The van der Waals surface area contributed by atoms with Gasteiger partial charge in [0.2, 0.25) is 10.0 Å². The van der Waals surface area contributed by atoms with Gasteiger partial charge in [0.15, 0.2) is 0 Å². The molecule has 1 saturated heterocycles. The van der Waals surface area contributed by atoms with Gasteiger partial charge in [-0.1, -0.05) is 0 Å². The van der Waals surface area contributed by atoms with Crippen LogP contribution in [0.1, 0.15) is 19.3 Å². The topological polar surface area (TPSA) is 113 Å². The standard InChI is InChI=1S/C11H18N4O4S/c16-11(17)3-6-15-8-10(7-13-15)20(18,19)14-9-1-4-12-5-2-9/h7-9,12,14H,1-6H2,(H,16,17). The van der Waals surface area contributed by atoms with Crippen molar-refractivity contribution in [3.63, 3.8) is 0 Å². The van der Waals surface area contributed by atoms with Gasteiger partial charge in [0.25, 0.3) is 0 Å². The SMILES string of the molecule is O=C(O)CCn1cc(S(=O)(=O)NC2CCNCC2)cn1. The number of carboxylic acid groups (broad SMARTS) is 1. The van der Waals surface area contributed by atoms with Crippen LogP contribution in [0.2, 0.25) is 0 Å². The second kappa shape index (κ2) is 6.33. The van der Waals surface area contributed by atoms with E-state index in [2.05, 4.69) is 15.1 Å². The third-order valence-electron chi connectivity index (χ3n) is 3.14. The summed E-state index contributed by atoms with van der Waals surface area (Å²) in [5.41, 5.74) is 0. The number of carbonyl (C=O) groups is 1. The van der Waals surface area contributed by atoms with Crippen LogP contribution in [0, 0.1) is 0 Å². The molecule has 1 aromatic heterocycles. The quantitative estimate of drug-likeness (QED) is 0.646. The Hall–Kier alpha value is -1.45. The number of hydrogen-bond donors (Lipinski definition) is 3. The molecule has 0 saturated carbocycles. The van der Waals surface area contributed by atoms with Crippen LogP contribution in [0.4, 0.5) is 0 Å². The molecule has 8 nitrogen and oxygen atoms in total. The molecule has 1 aliphatic rings. The first-order valence-electron chi connectivity index (χ1n) is 6.45. The van der Waals surface area contributed by atoms with E-state index in [1.807, 2.05) is 0 Å². The van der Waals surface area contributed by atoms with Gasteiger partial charge in [0.1, 0.15) is 4.90 Å². The molecule has 0 spiro atoms. The minimum Gasteiger partial charge on any atom is -0.481 e. The summed E-state index contributed by atoms with van der Waals surface area (Å²) in [7, 11) is -3.59. The van der Waals surface area contributed by atoms with Crippen LogP contribution < -0.4 is 10.0 Å². The van der Waals surface area contributed by atoms with Crippen molar-refractivity contribution in [2.45, 2.75) is 36.7 Å². The van der Waals surface area contributed by atoms with Gasteiger partial charge in [-0.15, -0.1) is 0 Å². The van der Waals surface area contributed by atoms with E-state index in [4.69, 9.17) is 5.11 Å². The van der Waals surface area contributed by atoms with E-state index in [9.17, 15) is 13.2 Å². The largest absolute Gasteiger partial charge is 0.481 e. The van der Waals surface area contributed by atoms with Crippen molar-refractivity contribution in [2.75, 3.05) is 13.1 Å². The van der Waals surface area contributed by atoms with Gasteiger partial charge in [-0.25, -0.2) is 13.1 Å². The highest BCUT2D eigenvalue weighted by Gasteiger charge is 2.22. The van der Waals surface area contributed by atoms with Crippen molar-refractivity contribution in [1.82, 2.24) is 19.8 Å². The van der Waals surface area contributed by atoms with Crippen LogP contribution in [0.25, 0.3) is 0 Å². The Bertz CT molecular complexity index is 563.